The zero-order chi connectivity index (χ0) is 17.3. The molecular weight excluding hydrogens is 329 g/mol. The van der Waals surface area contributed by atoms with Crippen molar-refractivity contribution in [2.45, 2.75) is 6.54 Å². The number of nitrogens with two attached hydrogens (primary N) is 1. The number of rotatable bonds is 4. The molecule has 0 unspecified atom stereocenters. The highest BCUT2D eigenvalue weighted by Gasteiger charge is 2.20. The predicted octanol–water partition coefficient (Wildman–Crippen LogP) is 3.24. The Labute approximate surface area is 143 Å². The van der Waals surface area contributed by atoms with Gasteiger partial charge in [-0.25, -0.2) is 13.5 Å². The van der Waals surface area contributed by atoms with Gasteiger partial charge in [0.1, 0.15) is 24.3 Å². The number of carbonyl (C=O) groups is 1. The molecule has 0 aliphatic heterocycles. The Morgan fingerprint density at radius 2 is 1.79 bits per heavy atom. The van der Waals surface area contributed by atoms with E-state index in [2.05, 4.69) is 0 Å². The van der Waals surface area contributed by atoms with Crippen molar-refractivity contribution in [3.63, 3.8) is 0 Å². The molecule has 0 spiro atoms. The SMILES string of the molecule is Cn1c(-c2ccc(Cl)cc2)c[n+](CC(=O)c2ccc(F)cc2)c1N. The van der Waals surface area contributed by atoms with E-state index in [4.69, 9.17) is 17.3 Å². The molecule has 2 aromatic carbocycles. The van der Waals surface area contributed by atoms with Crippen molar-refractivity contribution >= 4 is 23.3 Å². The van der Waals surface area contributed by atoms with Crippen LogP contribution in [-0.2, 0) is 13.6 Å². The van der Waals surface area contributed by atoms with E-state index < -0.39 is 0 Å². The highest BCUT2D eigenvalue weighted by atomic mass is 35.5. The van der Waals surface area contributed by atoms with Crippen molar-refractivity contribution in [1.29, 1.82) is 0 Å². The van der Waals surface area contributed by atoms with Crippen LogP contribution in [0.1, 0.15) is 10.4 Å². The average molecular weight is 345 g/mol. The molecule has 24 heavy (non-hydrogen) atoms. The van der Waals surface area contributed by atoms with Crippen LogP contribution in [0.2, 0.25) is 5.02 Å². The van der Waals surface area contributed by atoms with Crippen molar-refractivity contribution in [2.24, 2.45) is 7.05 Å². The summed E-state index contributed by atoms with van der Waals surface area (Å²) < 4.78 is 16.4. The first-order chi connectivity index (χ1) is 11.5. The van der Waals surface area contributed by atoms with E-state index in [0.29, 0.717) is 16.5 Å². The Kier molecular flexibility index (Phi) is 4.36. The van der Waals surface area contributed by atoms with Crippen LogP contribution in [0.5, 0.6) is 0 Å². The molecule has 3 rings (SSSR count). The third-order valence-electron chi connectivity index (χ3n) is 3.90. The number of ketones is 1. The van der Waals surface area contributed by atoms with Gasteiger partial charge in [0.25, 0.3) is 0 Å². The van der Waals surface area contributed by atoms with Gasteiger partial charge in [-0.1, -0.05) is 11.6 Å². The van der Waals surface area contributed by atoms with Crippen LogP contribution in [0.3, 0.4) is 0 Å². The Bertz CT molecular complexity index is 886. The minimum absolute atomic E-state index is 0.0822. The first-order valence-electron chi connectivity index (χ1n) is 7.35. The van der Waals surface area contributed by atoms with Crippen molar-refractivity contribution in [3.05, 3.63) is 71.1 Å². The van der Waals surface area contributed by atoms with Gasteiger partial charge in [-0.15, -0.1) is 0 Å². The van der Waals surface area contributed by atoms with E-state index in [1.54, 1.807) is 21.3 Å². The molecule has 0 aliphatic carbocycles. The molecule has 6 heteroatoms. The third kappa shape index (κ3) is 3.16. The molecule has 0 amide bonds. The number of Topliss-reactive ketones (excluding diaryl/α,β-unsaturated/α-hetero) is 1. The topological polar surface area (TPSA) is 51.9 Å². The molecule has 3 aromatic rings. The molecule has 0 atom stereocenters. The normalized spacial score (nSPS) is 10.8. The quantitative estimate of drug-likeness (QED) is 0.583. The maximum Gasteiger partial charge on any atom is 0.355 e. The molecule has 0 saturated heterocycles. The second kappa shape index (κ2) is 6.45. The van der Waals surface area contributed by atoms with Crippen LogP contribution in [0.4, 0.5) is 10.3 Å². The number of anilines is 1. The number of aromatic nitrogens is 2. The summed E-state index contributed by atoms with van der Waals surface area (Å²) in [6.45, 7) is 0.0822. The standard InChI is InChI=1S/C18H15ClFN3O/c1-22-16(12-2-6-14(19)7-3-12)10-23(18(22)21)11-17(24)13-4-8-15(20)9-5-13/h2-10,21H,11H2,1H3/p+1. The van der Waals surface area contributed by atoms with Gasteiger partial charge in [0.2, 0.25) is 0 Å². The summed E-state index contributed by atoms with van der Waals surface area (Å²) in [5.74, 6) is -0.0566. The number of carbonyl (C=O) groups excluding carboxylic acids is 1. The monoisotopic (exact) mass is 344 g/mol. The summed E-state index contributed by atoms with van der Waals surface area (Å²) in [6.07, 6.45) is 1.82. The van der Waals surface area contributed by atoms with E-state index in [1.165, 1.54) is 24.3 Å². The van der Waals surface area contributed by atoms with E-state index in [0.717, 1.165) is 11.3 Å². The Balaban J connectivity index is 1.89. The summed E-state index contributed by atoms with van der Waals surface area (Å²) in [6, 6.07) is 12.9. The predicted molar refractivity (Wildman–Crippen MR) is 91.2 cm³/mol. The molecule has 1 heterocycles. The Morgan fingerprint density at radius 1 is 1.17 bits per heavy atom. The van der Waals surface area contributed by atoms with E-state index in [9.17, 15) is 9.18 Å². The zero-order valence-electron chi connectivity index (χ0n) is 13.0. The van der Waals surface area contributed by atoms with Crippen LogP contribution in [0.15, 0.2) is 54.7 Å². The van der Waals surface area contributed by atoms with Crippen molar-refractivity contribution in [2.75, 3.05) is 5.73 Å². The second-order valence-electron chi connectivity index (χ2n) is 5.50. The van der Waals surface area contributed by atoms with Crippen molar-refractivity contribution in [1.82, 2.24) is 4.57 Å². The number of imidazole rings is 1. The van der Waals surface area contributed by atoms with Gasteiger partial charge in [0.05, 0.1) is 7.05 Å². The van der Waals surface area contributed by atoms with E-state index in [1.807, 2.05) is 25.4 Å². The highest BCUT2D eigenvalue weighted by Crippen LogP contribution is 2.22. The zero-order valence-corrected chi connectivity index (χ0v) is 13.8. The summed E-state index contributed by atoms with van der Waals surface area (Å²) in [5, 5.41) is 0.653. The van der Waals surface area contributed by atoms with E-state index in [-0.39, 0.29) is 18.1 Å². The summed E-state index contributed by atoms with van der Waals surface area (Å²) >= 11 is 5.92. The fourth-order valence-electron chi connectivity index (χ4n) is 2.51. The van der Waals surface area contributed by atoms with Crippen LogP contribution >= 0.6 is 11.6 Å². The van der Waals surface area contributed by atoms with Crippen LogP contribution in [0, 0.1) is 5.82 Å². The van der Waals surface area contributed by atoms with Gasteiger partial charge in [-0.05, 0) is 48.5 Å². The number of nitrogens with zero attached hydrogens (tertiary/aromatic N) is 2. The smallest absolute Gasteiger partial charge is 0.291 e. The molecule has 1 aromatic heterocycles. The molecule has 0 radical (unpaired) electrons. The lowest BCUT2D eigenvalue weighted by atomic mass is 10.1. The first kappa shape index (κ1) is 16.2. The largest absolute Gasteiger partial charge is 0.355 e. The second-order valence-corrected chi connectivity index (χ2v) is 5.93. The highest BCUT2D eigenvalue weighted by molar-refractivity contribution is 6.30. The van der Waals surface area contributed by atoms with Crippen LogP contribution in [-0.4, -0.2) is 10.4 Å². The molecule has 0 bridgehead atoms. The Hall–Kier alpha value is -2.66. The number of halogens is 2. The van der Waals surface area contributed by atoms with Gasteiger partial charge in [-0.3, -0.25) is 10.5 Å². The van der Waals surface area contributed by atoms with Gasteiger partial charge in [0.15, 0.2) is 5.78 Å². The fraction of sp³-hybridized carbons (Fsp3) is 0.111. The van der Waals surface area contributed by atoms with Crippen molar-refractivity contribution in [3.8, 4) is 11.3 Å². The van der Waals surface area contributed by atoms with Gasteiger partial charge in [0, 0.05) is 16.1 Å². The lowest BCUT2D eigenvalue weighted by Crippen LogP contribution is -2.39. The molecular formula is C18H16ClFN3O+. The molecule has 0 aliphatic rings. The molecule has 2 N–H and O–H groups in total. The average Bonchev–Trinajstić information content (AvgIpc) is 2.85. The Morgan fingerprint density at radius 3 is 2.42 bits per heavy atom. The molecule has 0 saturated carbocycles. The lowest BCUT2D eigenvalue weighted by Gasteiger charge is -2.00. The summed E-state index contributed by atoms with van der Waals surface area (Å²) in [4.78, 5) is 12.4. The van der Waals surface area contributed by atoms with Gasteiger partial charge >= 0.3 is 5.95 Å². The summed E-state index contributed by atoms with van der Waals surface area (Å²) in [7, 11) is 1.83. The number of benzene rings is 2. The lowest BCUT2D eigenvalue weighted by molar-refractivity contribution is -0.667. The van der Waals surface area contributed by atoms with Gasteiger partial charge < -0.3 is 0 Å². The molecule has 4 nitrogen and oxygen atoms in total. The minimum Gasteiger partial charge on any atom is -0.291 e. The van der Waals surface area contributed by atoms with Crippen LogP contribution in [0.25, 0.3) is 11.3 Å². The minimum atomic E-state index is -0.372. The van der Waals surface area contributed by atoms with Gasteiger partial charge in [-0.2, -0.15) is 0 Å². The van der Waals surface area contributed by atoms with E-state index >= 15 is 0 Å². The number of hydrogen-bond acceptors (Lipinski definition) is 2. The maximum atomic E-state index is 13.0. The number of hydrogen-bond donors (Lipinski definition) is 1. The third-order valence-corrected chi connectivity index (χ3v) is 4.15. The molecule has 122 valence electrons. The van der Waals surface area contributed by atoms with Crippen molar-refractivity contribution < 1.29 is 13.8 Å². The first-order valence-corrected chi connectivity index (χ1v) is 7.73. The summed E-state index contributed by atoms with van der Waals surface area (Å²) in [5.41, 5.74) is 8.37. The maximum absolute atomic E-state index is 13.0. The molecule has 0 fully saturated rings. The van der Waals surface area contributed by atoms with Crippen LogP contribution < -0.4 is 10.3 Å². The fourth-order valence-corrected chi connectivity index (χ4v) is 2.64. The number of nitrogen functional groups attached to an aromatic ring is 1.